The second-order valence-corrected chi connectivity index (χ2v) is 8.90. The average Bonchev–Trinajstić information content (AvgIpc) is 3.57. The lowest BCUT2D eigenvalue weighted by Gasteiger charge is -2.31. The molecule has 2 aliphatic rings. The quantitative estimate of drug-likeness (QED) is 0.476. The Morgan fingerprint density at radius 3 is 2.47 bits per heavy atom. The predicted octanol–water partition coefficient (Wildman–Crippen LogP) is 1.91. The molecule has 11 nitrogen and oxygen atoms in total. The number of piperidine rings is 1. The van der Waals surface area contributed by atoms with Gasteiger partial charge in [0.2, 0.25) is 0 Å². The lowest BCUT2D eigenvalue weighted by Crippen LogP contribution is -2.46. The fourth-order valence-electron chi connectivity index (χ4n) is 4.60. The maximum Gasteiger partial charge on any atom is 0.322 e. The zero-order chi connectivity index (χ0) is 25.1. The van der Waals surface area contributed by atoms with E-state index in [-0.39, 0.29) is 24.3 Å². The van der Waals surface area contributed by atoms with Crippen LogP contribution in [0.25, 0.3) is 0 Å². The van der Waals surface area contributed by atoms with E-state index < -0.39 is 11.8 Å². The molecule has 0 saturated carbocycles. The highest BCUT2D eigenvalue weighted by atomic mass is 19.1. The molecular weight excluding hydrogens is 467 g/mol. The van der Waals surface area contributed by atoms with Crippen LogP contribution in [0.3, 0.4) is 0 Å². The van der Waals surface area contributed by atoms with E-state index in [1.807, 2.05) is 24.3 Å². The molecule has 1 saturated heterocycles. The molecule has 12 heteroatoms. The summed E-state index contributed by atoms with van der Waals surface area (Å²) in [6, 6.07) is 12.0. The number of tetrazole rings is 1. The summed E-state index contributed by atoms with van der Waals surface area (Å²) in [5.74, 6) is -1.00. The second-order valence-electron chi connectivity index (χ2n) is 8.90. The van der Waals surface area contributed by atoms with E-state index in [9.17, 15) is 18.8 Å². The number of rotatable bonds is 4. The Hall–Kier alpha value is -4.35. The molecule has 36 heavy (non-hydrogen) atoms. The molecule has 5 rings (SSSR count). The van der Waals surface area contributed by atoms with Crippen molar-refractivity contribution in [3.8, 4) is 0 Å². The molecule has 1 fully saturated rings. The molecule has 0 bridgehead atoms. The highest BCUT2D eigenvalue weighted by molar-refractivity contribution is 6.34. The van der Waals surface area contributed by atoms with E-state index in [4.69, 9.17) is 0 Å². The van der Waals surface area contributed by atoms with Crippen molar-refractivity contribution in [2.75, 3.05) is 18.4 Å². The number of fused-ring (bicyclic) bond motifs is 1. The number of aromatic amines is 1. The first-order valence-corrected chi connectivity index (χ1v) is 11.7. The topological polar surface area (TPSA) is 136 Å². The minimum absolute atomic E-state index is 0.0314. The minimum atomic E-state index is -0.690. The van der Waals surface area contributed by atoms with Crippen LogP contribution in [0.2, 0.25) is 0 Å². The van der Waals surface area contributed by atoms with Crippen molar-refractivity contribution in [1.82, 2.24) is 35.7 Å². The largest absolute Gasteiger partial charge is 0.340 e. The van der Waals surface area contributed by atoms with Gasteiger partial charge in [0, 0.05) is 31.9 Å². The van der Waals surface area contributed by atoms with Gasteiger partial charge in [0.05, 0.1) is 6.54 Å². The van der Waals surface area contributed by atoms with E-state index in [2.05, 4.69) is 31.3 Å². The van der Waals surface area contributed by atoms with Gasteiger partial charge in [-0.3, -0.25) is 9.59 Å². The van der Waals surface area contributed by atoms with E-state index in [1.54, 1.807) is 15.9 Å². The van der Waals surface area contributed by atoms with Gasteiger partial charge in [-0.1, -0.05) is 23.4 Å². The first-order valence-electron chi connectivity index (χ1n) is 11.7. The van der Waals surface area contributed by atoms with Gasteiger partial charge in [-0.05, 0) is 59.7 Å². The molecule has 0 spiro atoms. The first-order chi connectivity index (χ1) is 17.5. The molecular formula is C24H25FN8O3. The highest BCUT2D eigenvalue weighted by Gasteiger charge is 2.28. The van der Waals surface area contributed by atoms with Gasteiger partial charge in [-0.15, -0.1) is 10.2 Å². The minimum Gasteiger partial charge on any atom is -0.340 e. The normalized spacial score (nSPS) is 15.5. The maximum atomic E-state index is 13.4. The molecule has 2 aliphatic heterocycles. The monoisotopic (exact) mass is 492 g/mol. The van der Waals surface area contributed by atoms with Gasteiger partial charge in [0.15, 0.2) is 5.82 Å². The van der Waals surface area contributed by atoms with E-state index >= 15 is 0 Å². The van der Waals surface area contributed by atoms with Gasteiger partial charge in [-0.2, -0.15) is 5.21 Å². The van der Waals surface area contributed by atoms with Gasteiger partial charge in [-0.25, -0.2) is 9.18 Å². The van der Waals surface area contributed by atoms with Crippen molar-refractivity contribution in [2.24, 2.45) is 0 Å². The molecule has 0 atom stereocenters. The molecule has 3 N–H and O–H groups in total. The number of urea groups is 1. The third-order valence-corrected chi connectivity index (χ3v) is 6.58. The Bertz CT molecular complexity index is 1260. The van der Waals surface area contributed by atoms with Crippen LogP contribution < -0.4 is 10.6 Å². The number of nitrogens with zero attached hydrogens (tertiary/aromatic N) is 5. The Morgan fingerprint density at radius 2 is 1.75 bits per heavy atom. The molecule has 0 unspecified atom stereocenters. The zero-order valence-electron chi connectivity index (χ0n) is 19.4. The number of carbonyl (C=O) groups excluding carboxylic acids is 3. The Morgan fingerprint density at radius 1 is 1.00 bits per heavy atom. The smallest absolute Gasteiger partial charge is 0.322 e. The van der Waals surface area contributed by atoms with Gasteiger partial charge in [0.25, 0.3) is 0 Å². The number of likely N-dealkylation sites (tertiary alicyclic amines) is 1. The molecule has 3 heterocycles. The number of anilines is 1. The summed E-state index contributed by atoms with van der Waals surface area (Å²) < 4.78 is 13.4. The number of hydrogen-bond donors (Lipinski definition) is 3. The maximum absolute atomic E-state index is 13.4. The fraction of sp³-hybridized carbons (Fsp3) is 0.333. The summed E-state index contributed by atoms with van der Waals surface area (Å²) in [5.41, 5.74) is 3.58. The van der Waals surface area contributed by atoms with Gasteiger partial charge in [0.1, 0.15) is 5.82 Å². The molecule has 1 aromatic heterocycles. The zero-order valence-corrected chi connectivity index (χ0v) is 19.4. The number of aromatic nitrogens is 4. The number of H-pyrrole nitrogens is 1. The standard InChI is InChI=1S/C24H25FN8O3/c25-19-4-1-17-13-33(14-18(17)11-19)24(36)27-20-5-2-15(3-6-20)16-7-9-32(10-8-16)23(35)22(34)26-12-21-28-30-31-29-21/h1-6,11,16H,7-10,12-14H2,(H,26,34)(H,27,36)(H,28,29,30,31). The third kappa shape index (κ3) is 5.16. The average molecular weight is 493 g/mol. The van der Waals surface area contributed by atoms with Crippen molar-refractivity contribution in [1.29, 1.82) is 0 Å². The van der Waals surface area contributed by atoms with Crippen LogP contribution in [0.1, 0.15) is 41.3 Å². The predicted molar refractivity (Wildman–Crippen MR) is 126 cm³/mol. The third-order valence-electron chi connectivity index (χ3n) is 6.58. The number of halogens is 1. The van der Waals surface area contributed by atoms with E-state index in [1.165, 1.54) is 12.1 Å². The summed E-state index contributed by atoms with van der Waals surface area (Å²) >= 11 is 0. The van der Waals surface area contributed by atoms with E-state index in [0.717, 1.165) is 29.5 Å². The van der Waals surface area contributed by atoms with Crippen molar-refractivity contribution in [2.45, 2.75) is 38.4 Å². The van der Waals surface area contributed by atoms with Gasteiger partial charge >= 0.3 is 17.8 Å². The lowest BCUT2D eigenvalue weighted by atomic mass is 9.89. The molecule has 0 aliphatic carbocycles. The number of carbonyl (C=O) groups is 3. The number of nitrogens with one attached hydrogen (secondary N) is 3. The Balaban J connectivity index is 1.09. The summed E-state index contributed by atoms with van der Waals surface area (Å²) in [6.45, 7) is 1.82. The van der Waals surface area contributed by atoms with Crippen LogP contribution in [0, 0.1) is 5.82 Å². The van der Waals surface area contributed by atoms with E-state index in [0.29, 0.717) is 37.7 Å². The van der Waals surface area contributed by atoms with Crippen LogP contribution in [-0.4, -0.2) is 61.4 Å². The number of benzene rings is 2. The fourth-order valence-corrected chi connectivity index (χ4v) is 4.60. The molecule has 2 aromatic carbocycles. The summed E-state index contributed by atoms with van der Waals surface area (Å²) in [6.07, 6.45) is 1.47. The summed E-state index contributed by atoms with van der Waals surface area (Å²) in [4.78, 5) is 40.4. The lowest BCUT2D eigenvalue weighted by molar-refractivity contribution is -0.146. The molecule has 0 radical (unpaired) electrons. The summed E-state index contributed by atoms with van der Waals surface area (Å²) in [7, 11) is 0. The van der Waals surface area contributed by atoms with Crippen LogP contribution in [0.4, 0.5) is 14.9 Å². The molecule has 186 valence electrons. The summed E-state index contributed by atoms with van der Waals surface area (Å²) in [5, 5.41) is 18.6. The van der Waals surface area contributed by atoms with Gasteiger partial charge < -0.3 is 20.4 Å². The van der Waals surface area contributed by atoms with Crippen molar-refractivity contribution in [3.63, 3.8) is 0 Å². The Kier molecular flexibility index (Phi) is 6.56. The van der Waals surface area contributed by atoms with Crippen LogP contribution in [-0.2, 0) is 29.2 Å². The first kappa shape index (κ1) is 23.4. The van der Waals surface area contributed by atoms with Crippen molar-refractivity contribution >= 4 is 23.5 Å². The number of amides is 4. The number of hydrogen-bond acceptors (Lipinski definition) is 6. The van der Waals surface area contributed by atoms with Crippen LogP contribution in [0.15, 0.2) is 42.5 Å². The van der Waals surface area contributed by atoms with Crippen LogP contribution in [0.5, 0.6) is 0 Å². The molecule has 3 aromatic rings. The van der Waals surface area contributed by atoms with Crippen molar-refractivity contribution in [3.05, 3.63) is 70.8 Å². The van der Waals surface area contributed by atoms with Crippen molar-refractivity contribution < 1.29 is 18.8 Å². The second kappa shape index (κ2) is 10.1. The molecule has 4 amide bonds. The van der Waals surface area contributed by atoms with Crippen LogP contribution >= 0.6 is 0 Å². The Labute approximate surface area is 206 Å². The highest BCUT2D eigenvalue weighted by Crippen LogP contribution is 2.29. The SMILES string of the molecule is O=C(NCc1nn[nH]n1)C(=O)N1CCC(c2ccc(NC(=O)N3Cc4ccc(F)cc4C3)cc2)CC1.